The standard InChI is InChI=1S/C23H26N4O2S/c1-15(28)18-8-6-7-9-19(18)24-20(29)14-30-22-26-25-21(27(22)5)16-10-12-17(13-11-16)23(2,3)4/h6-13H,14H2,1-5H3,(H,24,29). The van der Waals surface area contributed by atoms with Crippen molar-refractivity contribution in [2.24, 2.45) is 7.05 Å². The van der Waals surface area contributed by atoms with E-state index in [9.17, 15) is 9.59 Å². The van der Waals surface area contributed by atoms with E-state index >= 15 is 0 Å². The molecule has 0 aliphatic rings. The largest absolute Gasteiger partial charge is 0.325 e. The molecule has 7 heteroatoms. The SMILES string of the molecule is CC(=O)c1ccccc1NC(=O)CSc1nnc(-c2ccc(C(C)(C)C)cc2)n1C. The Morgan fingerprint density at radius 3 is 2.33 bits per heavy atom. The summed E-state index contributed by atoms with van der Waals surface area (Å²) in [5, 5.41) is 12.0. The molecule has 0 saturated carbocycles. The summed E-state index contributed by atoms with van der Waals surface area (Å²) in [7, 11) is 1.89. The number of benzene rings is 2. The van der Waals surface area contributed by atoms with Crippen LogP contribution in [0.5, 0.6) is 0 Å². The van der Waals surface area contributed by atoms with Crippen LogP contribution in [0, 0.1) is 0 Å². The highest BCUT2D eigenvalue weighted by atomic mass is 32.2. The molecule has 0 aliphatic carbocycles. The maximum Gasteiger partial charge on any atom is 0.234 e. The van der Waals surface area contributed by atoms with Gasteiger partial charge in [-0.3, -0.25) is 9.59 Å². The number of nitrogens with zero attached hydrogens (tertiary/aromatic N) is 3. The summed E-state index contributed by atoms with van der Waals surface area (Å²) in [5.74, 6) is 0.628. The van der Waals surface area contributed by atoms with Crippen LogP contribution in [0.25, 0.3) is 11.4 Å². The Hall–Kier alpha value is -2.93. The lowest BCUT2D eigenvalue weighted by Gasteiger charge is -2.19. The third-order valence-electron chi connectivity index (χ3n) is 4.76. The summed E-state index contributed by atoms with van der Waals surface area (Å²) in [6.45, 7) is 8.02. The van der Waals surface area contributed by atoms with Crippen LogP contribution in [-0.2, 0) is 17.3 Å². The molecule has 0 unspecified atom stereocenters. The highest BCUT2D eigenvalue weighted by Crippen LogP contribution is 2.27. The Morgan fingerprint density at radius 1 is 1.03 bits per heavy atom. The van der Waals surface area contributed by atoms with Crippen LogP contribution < -0.4 is 5.32 Å². The normalized spacial score (nSPS) is 11.4. The van der Waals surface area contributed by atoms with Crippen molar-refractivity contribution in [1.82, 2.24) is 14.8 Å². The molecule has 0 saturated heterocycles. The second-order valence-electron chi connectivity index (χ2n) is 8.13. The van der Waals surface area contributed by atoms with Gasteiger partial charge in [0.2, 0.25) is 5.91 Å². The van der Waals surface area contributed by atoms with Gasteiger partial charge in [-0.25, -0.2) is 0 Å². The Labute approximate surface area is 181 Å². The van der Waals surface area contributed by atoms with Crippen molar-refractivity contribution in [2.75, 3.05) is 11.1 Å². The van der Waals surface area contributed by atoms with Crippen molar-refractivity contribution in [3.05, 3.63) is 59.7 Å². The Balaban J connectivity index is 1.67. The molecule has 0 radical (unpaired) electrons. The first-order chi connectivity index (χ1) is 14.2. The van der Waals surface area contributed by atoms with Gasteiger partial charge < -0.3 is 9.88 Å². The topological polar surface area (TPSA) is 76.9 Å². The molecule has 1 amide bonds. The van der Waals surface area contributed by atoms with E-state index in [4.69, 9.17) is 0 Å². The number of thioether (sulfide) groups is 1. The molecule has 0 spiro atoms. The lowest BCUT2D eigenvalue weighted by Crippen LogP contribution is -2.16. The summed E-state index contributed by atoms with van der Waals surface area (Å²) < 4.78 is 1.88. The van der Waals surface area contributed by atoms with E-state index in [0.29, 0.717) is 16.4 Å². The fraction of sp³-hybridized carbons (Fsp3) is 0.304. The van der Waals surface area contributed by atoms with Crippen molar-refractivity contribution in [1.29, 1.82) is 0 Å². The summed E-state index contributed by atoms with van der Waals surface area (Å²) in [5.41, 5.74) is 3.34. The third-order valence-corrected chi connectivity index (χ3v) is 5.78. The predicted molar refractivity (Wildman–Crippen MR) is 121 cm³/mol. The van der Waals surface area contributed by atoms with Crippen LogP contribution in [0.3, 0.4) is 0 Å². The van der Waals surface area contributed by atoms with Gasteiger partial charge in [0.25, 0.3) is 0 Å². The number of carbonyl (C=O) groups excluding carboxylic acids is 2. The van der Waals surface area contributed by atoms with Gasteiger partial charge in [0.05, 0.1) is 11.4 Å². The van der Waals surface area contributed by atoms with E-state index in [1.54, 1.807) is 24.3 Å². The van der Waals surface area contributed by atoms with Crippen molar-refractivity contribution in [3.8, 4) is 11.4 Å². The van der Waals surface area contributed by atoms with Gasteiger partial charge in [0.1, 0.15) is 0 Å². The average Bonchev–Trinajstić information content (AvgIpc) is 3.06. The number of ketones is 1. The minimum absolute atomic E-state index is 0.0889. The second kappa shape index (κ2) is 8.83. The number of nitrogens with one attached hydrogen (secondary N) is 1. The van der Waals surface area contributed by atoms with Gasteiger partial charge in [-0.05, 0) is 30.0 Å². The molecule has 30 heavy (non-hydrogen) atoms. The molecule has 0 fully saturated rings. The van der Waals surface area contributed by atoms with Crippen molar-refractivity contribution < 1.29 is 9.59 Å². The van der Waals surface area contributed by atoms with Gasteiger partial charge in [-0.2, -0.15) is 0 Å². The number of para-hydroxylation sites is 1. The van der Waals surface area contributed by atoms with Gasteiger partial charge in [-0.1, -0.05) is 68.9 Å². The first-order valence-corrected chi connectivity index (χ1v) is 10.7. The lowest BCUT2D eigenvalue weighted by atomic mass is 9.87. The molecular formula is C23H26N4O2S. The van der Waals surface area contributed by atoms with Crippen molar-refractivity contribution in [3.63, 3.8) is 0 Å². The molecule has 1 aromatic heterocycles. The molecule has 0 bridgehead atoms. The number of aromatic nitrogens is 3. The van der Waals surface area contributed by atoms with E-state index in [1.165, 1.54) is 24.2 Å². The van der Waals surface area contributed by atoms with Gasteiger partial charge in [-0.15, -0.1) is 10.2 Å². The monoisotopic (exact) mass is 422 g/mol. The predicted octanol–water partition coefficient (Wildman–Crippen LogP) is 4.71. The van der Waals surface area contributed by atoms with Crippen LogP contribution in [0.15, 0.2) is 53.7 Å². The molecule has 6 nitrogen and oxygen atoms in total. The van der Waals surface area contributed by atoms with Gasteiger partial charge in [0, 0.05) is 18.2 Å². The number of Topliss-reactive ketones (excluding diaryl/α,β-unsaturated/α-hetero) is 1. The fourth-order valence-electron chi connectivity index (χ4n) is 3.03. The Morgan fingerprint density at radius 2 is 1.70 bits per heavy atom. The maximum atomic E-state index is 12.4. The molecule has 1 N–H and O–H groups in total. The Kier molecular flexibility index (Phi) is 6.41. The highest BCUT2D eigenvalue weighted by Gasteiger charge is 2.16. The van der Waals surface area contributed by atoms with Crippen LogP contribution in [-0.4, -0.2) is 32.2 Å². The van der Waals surface area contributed by atoms with Gasteiger partial charge >= 0.3 is 0 Å². The number of anilines is 1. The van der Waals surface area contributed by atoms with Crippen molar-refractivity contribution >= 4 is 29.1 Å². The zero-order valence-corrected chi connectivity index (χ0v) is 18.7. The molecule has 156 valence electrons. The molecule has 0 aliphatic heterocycles. The average molecular weight is 423 g/mol. The highest BCUT2D eigenvalue weighted by molar-refractivity contribution is 7.99. The molecule has 0 atom stereocenters. The van der Waals surface area contributed by atoms with Crippen LogP contribution in [0.1, 0.15) is 43.6 Å². The maximum absolute atomic E-state index is 12.4. The molecule has 2 aromatic carbocycles. The number of amides is 1. The number of rotatable bonds is 6. The summed E-state index contributed by atoms with van der Waals surface area (Å²) in [6.07, 6.45) is 0. The molecule has 3 rings (SSSR count). The van der Waals surface area contributed by atoms with Gasteiger partial charge in [0.15, 0.2) is 16.8 Å². The van der Waals surface area contributed by atoms with Crippen LogP contribution in [0.2, 0.25) is 0 Å². The fourth-order valence-corrected chi connectivity index (χ4v) is 3.74. The summed E-state index contributed by atoms with van der Waals surface area (Å²) >= 11 is 1.30. The zero-order chi connectivity index (χ0) is 21.9. The van der Waals surface area contributed by atoms with E-state index in [1.807, 2.05) is 23.7 Å². The lowest BCUT2D eigenvalue weighted by molar-refractivity contribution is -0.113. The minimum atomic E-state index is -0.201. The van der Waals surface area contributed by atoms with E-state index in [2.05, 4.69) is 48.4 Å². The van der Waals surface area contributed by atoms with Crippen molar-refractivity contribution in [2.45, 2.75) is 38.3 Å². The smallest absolute Gasteiger partial charge is 0.234 e. The summed E-state index contributed by atoms with van der Waals surface area (Å²) in [6, 6.07) is 15.3. The first-order valence-electron chi connectivity index (χ1n) is 9.69. The first kappa shape index (κ1) is 21.8. The van der Waals surface area contributed by atoms with E-state index < -0.39 is 0 Å². The van der Waals surface area contributed by atoms with Crippen LogP contribution >= 0.6 is 11.8 Å². The Bertz CT molecular complexity index is 1070. The number of hydrogen-bond donors (Lipinski definition) is 1. The third kappa shape index (κ3) is 4.97. The minimum Gasteiger partial charge on any atom is -0.325 e. The quantitative estimate of drug-likeness (QED) is 0.460. The second-order valence-corrected chi connectivity index (χ2v) is 9.07. The van der Waals surface area contributed by atoms with E-state index in [0.717, 1.165) is 11.4 Å². The number of hydrogen-bond acceptors (Lipinski definition) is 5. The zero-order valence-electron chi connectivity index (χ0n) is 17.9. The van der Waals surface area contributed by atoms with Crippen LogP contribution in [0.4, 0.5) is 5.69 Å². The molecular weight excluding hydrogens is 396 g/mol. The molecule has 3 aromatic rings. The molecule has 1 heterocycles. The van der Waals surface area contributed by atoms with E-state index in [-0.39, 0.29) is 22.9 Å². The number of carbonyl (C=O) groups is 2. The summed E-state index contributed by atoms with van der Waals surface area (Å²) in [4.78, 5) is 24.1.